The van der Waals surface area contributed by atoms with Gasteiger partial charge >= 0.3 is 5.97 Å². The van der Waals surface area contributed by atoms with Crippen molar-refractivity contribution in [3.05, 3.63) is 63.2 Å². The molecule has 2 aliphatic rings. The predicted molar refractivity (Wildman–Crippen MR) is 150 cm³/mol. The molecule has 0 unspecified atom stereocenters. The van der Waals surface area contributed by atoms with Gasteiger partial charge in [0.05, 0.1) is 4.36 Å². The van der Waals surface area contributed by atoms with Gasteiger partial charge in [-0.25, -0.2) is 8.42 Å². The Morgan fingerprint density at radius 1 is 1.32 bits per heavy atom. The first-order chi connectivity index (χ1) is 17.3. The molecule has 0 bridgehead atoms. The lowest BCUT2D eigenvalue weighted by Crippen LogP contribution is -2.48. The molecule has 1 aromatic carbocycles. The average molecular weight is 568 g/mol. The molecule has 0 radical (unpaired) electrons. The van der Waals surface area contributed by atoms with E-state index in [-0.39, 0.29) is 16.7 Å². The number of hydrogen-bond donors (Lipinski definition) is 1. The van der Waals surface area contributed by atoms with Gasteiger partial charge in [-0.1, -0.05) is 42.6 Å². The zero-order chi connectivity index (χ0) is 27.4. The molecule has 1 atom stereocenters. The highest BCUT2D eigenvalue weighted by Gasteiger charge is 2.42. The van der Waals surface area contributed by atoms with Crippen molar-refractivity contribution in [1.82, 2.24) is 9.62 Å². The summed E-state index contributed by atoms with van der Waals surface area (Å²) in [6, 6.07) is 4.86. The largest absolute Gasteiger partial charge is 0.459 e. The SMILES string of the molecule is C=C(Cl)SC(=C)/C=C/S(=O)(=O)N(CC(=O)OC(C)(C)C)[C@H]1CCN(c2ccc3c(c2)CCCNC3)C1=O. The standard InChI is InChI=1S/C26H34ClN3O5S2/c1-18(36-19(2)27)11-14-37(33,34)30(17-24(31)35-26(3,4)5)23-10-13-29(25(23)32)22-9-8-21-16-28-12-6-7-20(21)15-22/h8-9,11,14-15,23,28H,1-2,6-7,10,12-13,16-17H2,3-5H3/b14-11+/t23-/m0/s1. The van der Waals surface area contributed by atoms with Crippen LogP contribution in [0.4, 0.5) is 5.69 Å². The lowest BCUT2D eigenvalue weighted by Gasteiger charge is -2.27. The van der Waals surface area contributed by atoms with Crippen molar-refractivity contribution in [3.63, 3.8) is 0 Å². The lowest BCUT2D eigenvalue weighted by atomic mass is 10.0. The average Bonchev–Trinajstić information content (AvgIpc) is 2.99. The topological polar surface area (TPSA) is 96.0 Å². The quantitative estimate of drug-likeness (QED) is 0.351. The van der Waals surface area contributed by atoms with Gasteiger partial charge in [-0.3, -0.25) is 9.59 Å². The van der Waals surface area contributed by atoms with Crippen molar-refractivity contribution >= 4 is 50.9 Å². The summed E-state index contributed by atoms with van der Waals surface area (Å²) in [4.78, 5) is 28.2. The number of carbonyl (C=O) groups excluding carboxylic acids is 2. The minimum absolute atomic E-state index is 0.232. The number of thioether (sulfide) groups is 1. The van der Waals surface area contributed by atoms with Crippen LogP contribution in [0.15, 0.2) is 52.1 Å². The van der Waals surface area contributed by atoms with E-state index in [0.29, 0.717) is 11.4 Å². The fourth-order valence-electron chi connectivity index (χ4n) is 4.30. The van der Waals surface area contributed by atoms with Crippen molar-refractivity contribution in [2.45, 2.75) is 58.2 Å². The van der Waals surface area contributed by atoms with Gasteiger partial charge in [-0.05, 0) is 75.9 Å². The van der Waals surface area contributed by atoms with Crippen LogP contribution in [-0.4, -0.2) is 55.9 Å². The van der Waals surface area contributed by atoms with Gasteiger partial charge in [0.1, 0.15) is 18.2 Å². The number of fused-ring (bicyclic) bond motifs is 1. The van der Waals surface area contributed by atoms with Crippen LogP contribution in [-0.2, 0) is 37.3 Å². The highest BCUT2D eigenvalue weighted by molar-refractivity contribution is 8.08. The Hall–Kier alpha value is -2.11. The first kappa shape index (κ1) is 29.4. The van der Waals surface area contributed by atoms with Gasteiger partial charge in [0.25, 0.3) is 0 Å². The molecule has 0 spiro atoms. The van der Waals surface area contributed by atoms with Crippen LogP contribution in [0.5, 0.6) is 0 Å². The number of halogens is 1. The van der Waals surface area contributed by atoms with E-state index in [1.807, 2.05) is 18.2 Å². The minimum Gasteiger partial charge on any atom is -0.459 e. The van der Waals surface area contributed by atoms with Crippen LogP contribution in [0.2, 0.25) is 0 Å². The lowest BCUT2D eigenvalue weighted by molar-refractivity contribution is -0.155. The molecule has 11 heteroatoms. The van der Waals surface area contributed by atoms with Gasteiger partial charge in [-0.15, -0.1) is 0 Å². The molecule has 0 aliphatic carbocycles. The second-order valence-corrected chi connectivity index (χ2v) is 13.6. The summed E-state index contributed by atoms with van der Waals surface area (Å²) in [5.74, 6) is -1.12. The Morgan fingerprint density at radius 2 is 2.05 bits per heavy atom. The van der Waals surface area contributed by atoms with E-state index in [1.165, 1.54) is 17.2 Å². The number of benzene rings is 1. The number of hydrogen-bond acceptors (Lipinski definition) is 7. The van der Waals surface area contributed by atoms with E-state index < -0.39 is 34.2 Å². The molecule has 0 saturated carbocycles. The number of nitrogens with one attached hydrogen (secondary N) is 1. The number of ether oxygens (including phenoxy) is 1. The normalized spacial score (nSPS) is 18.7. The first-order valence-corrected chi connectivity index (χ1v) is 14.7. The molecule has 3 rings (SSSR count). The second kappa shape index (κ2) is 12.2. The molecule has 8 nitrogen and oxygen atoms in total. The monoisotopic (exact) mass is 567 g/mol. The van der Waals surface area contributed by atoms with Crippen molar-refractivity contribution in [2.24, 2.45) is 0 Å². The smallest absolute Gasteiger partial charge is 0.321 e. The van der Waals surface area contributed by atoms with Crippen LogP contribution < -0.4 is 10.2 Å². The number of aryl methyl sites for hydroxylation is 1. The summed E-state index contributed by atoms with van der Waals surface area (Å²) in [5, 5.41) is 4.31. The van der Waals surface area contributed by atoms with Crippen molar-refractivity contribution in [2.75, 3.05) is 24.5 Å². The summed E-state index contributed by atoms with van der Waals surface area (Å²) in [7, 11) is -4.20. The van der Waals surface area contributed by atoms with Crippen molar-refractivity contribution in [1.29, 1.82) is 0 Å². The molecule has 37 heavy (non-hydrogen) atoms. The molecular formula is C26H34ClN3O5S2. The number of carbonyl (C=O) groups is 2. The highest BCUT2D eigenvalue weighted by atomic mass is 35.5. The molecule has 0 aromatic heterocycles. The Labute approximate surface area is 228 Å². The molecular weight excluding hydrogens is 534 g/mol. The number of rotatable bonds is 9. The predicted octanol–water partition coefficient (Wildman–Crippen LogP) is 4.27. The molecule has 1 aromatic rings. The van der Waals surface area contributed by atoms with E-state index in [2.05, 4.69) is 18.5 Å². The third-order valence-electron chi connectivity index (χ3n) is 5.84. The molecule has 1 N–H and O–H groups in total. The number of nitrogens with zero attached hydrogens (tertiary/aromatic N) is 2. The van der Waals surface area contributed by atoms with Crippen LogP contribution in [0.3, 0.4) is 0 Å². The van der Waals surface area contributed by atoms with E-state index in [0.717, 1.165) is 53.1 Å². The third-order valence-corrected chi connectivity index (χ3v) is 8.21. The maximum absolute atomic E-state index is 13.6. The number of sulfonamides is 1. The molecule has 1 fully saturated rings. The maximum atomic E-state index is 13.6. The molecule has 1 saturated heterocycles. The summed E-state index contributed by atoms with van der Waals surface area (Å²) in [6.45, 7) is 13.8. The summed E-state index contributed by atoms with van der Waals surface area (Å²) in [5.41, 5.74) is 2.29. The Bertz CT molecular complexity index is 1210. The summed E-state index contributed by atoms with van der Waals surface area (Å²) < 4.78 is 33.3. The Balaban J connectivity index is 1.88. The van der Waals surface area contributed by atoms with Crippen LogP contribution in [0.25, 0.3) is 0 Å². The van der Waals surface area contributed by atoms with Gasteiger partial charge < -0.3 is 15.0 Å². The Kier molecular flexibility index (Phi) is 9.68. The maximum Gasteiger partial charge on any atom is 0.321 e. The number of amides is 1. The first-order valence-electron chi connectivity index (χ1n) is 12.0. The number of allylic oxidation sites excluding steroid dienone is 1. The summed E-state index contributed by atoms with van der Waals surface area (Å²) >= 11 is 6.77. The fourth-order valence-corrected chi connectivity index (χ4v) is 6.43. The van der Waals surface area contributed by atoms with Crippen LogP contribution >= 0.6 is 23.4 Å². The molecule has 202 valence electrons. The van der Waals surface area contributed by atoms with Crippen molar-refractivity contribution < 1.29 is 22.7 Å². The highest BCUT2D eigenvalue weighted by Crippen LogP contribution is 2.30. The van der Waals surface area contributed by atoms with Gasteiger partial charge in [0, 0.05) is 29.1 Å². The van der Waals surface area contributed by atoms with E-state index in [4.69, 9.17) is 16.3 Å². The second-order valence-electron chi connectivity index (χ2n) is 9.93. The van der Waals surface area contributed by atoms with E-state index in [9.17, 15) is 18.0 Å². The molecule has 1 amide bonds. The molecule has 2 aliphatic heterocycles. The van der Waals surface area contributed by atoms with Gasteiger partial charge in [0.15, 0.2) is 0 Å². The fraction of sp³-hybridized carbons (Fsp3) is 0.462. The number of anilines is 1. The zero-order valence-electron chi connectivity index (χ0n) is 21.5. The van der Waals surface area contributed by atoms with Crippen LogP contribution in [0, 0.1) is 0 Å². The van der Waals surface area contributed by atoms with Gasteiger partial charge in [0.2, 0.25) is 15.9 Å². The third kappa shape index (κ3) is 8.19. The van der Waals surface area contributed by atoms with Crippen molar-refractivity contribution in [3.8, 4) is 0 Å². The Morgan fingerprint density at radius 3 is 2.73 bits per heavy atom. The minimum atomic E-state index is -4.20. The number of esters is 1. The van der Waals surface area contributed by atoms with E-state index >= 15 is 0 Å². The summed E-state index contributed by atoms with van der Waals surface area (Å²) in [6.07, 6.45) is 3.42. The van der Waals surface area contributed by atoms with Gasteiger partial charge in [-0.2, -0.15) is 4.31 Å². The van der Waals surface area contributed by atoms with Crippen LogP contribution in [0.1, 0.15) is 44.7 Å². The molecule has 2 heterocycles. The van der Waals surface area contributed by atoms with E-state index in [1.54, 1.807) is 25.7 Å². The zero-order valence-corrected chi connectivity index (χ0v) is 23.8.